The second kappa shape index (κ2) is 9.66. The third-order valence-corrected chi connectivity index (χ3v) is 5.75. The molecule has 2 N–H and O–H groups in total. The molecule has 3 heterocycles. The van der Waals surface area contributed by atoms with Crippen molar-refractivity contribution in [3.05, 3.63) is 83.4 Å². The number of benzene rings is 1. The number of fused-ring (bicyclic) bond motifs is 1. The Morgan fingerprint density at radius 3 is 2.40 bits per heavy atom. The van der Waals surface area contributed by atoms with Gasteiger partial charge in [0.2, 0.25) is 5.95 Å². The summed E-state index contributed by atoms with van der Waals surface area (Å²) in [4.78, 5) is 38.8. The maximum atomic E-state index is 13.0. The van der Waals surface area contributed by atoms with Crippen molar-refractivity contribution in [3.8, 4) is 0 Å². The molecule has 8 nitrogen and oxygen atoms in total. The average Bonchev–Trinajstić information content (AvgIpc) is 3.23. The van der Waals surface area contributed by atoms with Crippen molar-refractivity contribution in [2.45, 2.75) is 52.6 Å². The van der Waals surface area contributed by atoms with Crippen molar-refractivity contribution in [2.75, 3.05) is 5.32 Å². The SMILES string of the molecule is CC(C)c1ccc(C(=O)Nc2ncc3c(C(=O)NCc4cccnc4)cn(C(C)(C)C)c3n2)cc1. The lowest BCUT2D eigenvalue weighted by Gasteiger charge is -2.22. The molecule has 4 rings (SSSR count). The Hall–Kier alpha value is -4.07. The lowest BCUT2D eigenvalue weighted by atomic mass is 10.0. The van der Waals surface area contributed by atoms with E-state index in [1.54, 1.807) is 36.9 Å². The maximum Gasteiger partial charge on any atom is 0.258 e. The number of carbonyl (C=O) groups is 2. The molecule has 0 aliphatic heterocycles. The van der Waals surface area contributed by atoms with E-state index in [-0.39, 0.29) is 23.3 Å². The van der Waals surface area contributed by atoms with E-state index in [0.29, 0.717) is 34.6 Å². The molecule has 0 atom stereocenters. The molecule has 0 radical (unpaired) electrons. The molecule has 0 unspecified atom stereocenters. The zero-order valence-corrected chi connectivity index (χ0v) is 20.7. The molecule has 2 amide bonds. The monoisotopic (exact) mass is 470 g/mol. The number of nitrogens with zero attached hydrogens (tertiary/aromatic N) is 4. The van der Waals surface area contributed by atoms with Gasteiger partial charge < -0.3 is 9.88 Å². The van der Waals surface area contributed by atoms with Crippen LogP contribution in [0.25, 0.3) is 11.0 Å². The Balaban J connectivity index is 1.60. The van der Waals surface area contributed by atoms with Gasteiger partial charge in [0.25, 0.3) is 11.8 Å². The van der Waals surface area contributed by atoms with E-state index >= 15 is 0 Å². The molecule has 0 spiro atoms. The summed E-state index contributed by atoms with van der Waals surface area (Å²) in [7, 11) is 0. The highest BCUT2D eigenvalue weighted by atomic mass is 16.2. The van der Waals surface area contributed by atoms with Crippen molar-refractivity contribution >= 4 is 28.8 Å². The van der Waals surface area contributed by atoms with E-state index in [9.17, 15) is 9.59 Å². The second-order valence-electron chi connectivity index (χ2n) is 9.79. The van der Waals surface area contributed by atoms with Crippen molar-refractivity contribution in [1.29, 1.82) is 0 Å². The van der Waals surface area contributed by atoms with Crippen molar-refractivity contribution in [2.24, 2.45) is 0 Å². The van der Waals surface area contributed by atoms with Crippen LogP contribution >= 0.6 is 0 Å². The Morgan fingerprint density at radius 1 is 1.03 bits per heavy atom. The largest absolute Gasteiger partial charge is 0.348 e. The van der Waals surface area contributed by atoms with Crippen molar-refractivity contribution < 1.29 is 9.59 Å². The average molecular weight is 471 g/mol. The minimum Gasteiger partial charge on any atom is -0.348 e. The first-order chi connectivity index (χ1) is 16.6. The van der Waals surface area contributed by atoms with E-state index in [0.717, 1.165) is 11.1 Å². The van der Waals surface area contributed by atoms with Crippen LogP contribution in [-0.4, -0.2) is 31.3 Å². The molecule has 4 aromatic rings. The summed E-state index contributed by atoms with van der Waals surface area (Å²) in [5, 5.41) is 6.33. The molecular formula is C27H30N6O2. The van der Waals surface area contributed by atoms with Gasteiger partial charge in [0, 0.05) is 42.4 Å². The lowest BCUT2D eigenvalue weighted by molar-refractivity contribution is 0.0951. The van der Waals surface area contributed by atoms with Crippen LogP contribution in [-0.2, 0) is 12.1 Å². The van der Waals surface area contributed by atoms with Crippen LogP contribution in [0.15, 0.2) is 61.2 Å². The number of pyridine rings is 1. The molecule has 0 saturated carbocycles. The standard InChI is InChI=1S/C27H30N6O2/c1-17(2)19-8-10-20(11-9-19)24(34)32-26-30-15-21-22(16-33(23(21)31-26)27(3,4)5)25(35)29-14-18-7-6-12-28-13-18/h6-13,15-17H,14H2,1-5H3,(H,29,35)(H,30,31,32,34). The summed E-state index contributed by atoms with van der Waals surface area (Å²) >= 11 is 0. The normalized spacial score (nSPS) is 11.6. The summed E-state index contributed by atoms with van der Waals surface area (Å²) in [5.41, 5.74) is 3.30. The topological polar surface area (TPSA) is 102 Å². The van der Waals surface area contributed by atoms with E-state index in [4.69, 9.17) is 0 Å². The molecule has 3 aromatic heterocycles. The number of rotatable bonds is 6. The van der Waals surface area contributed by atoms with E-state index in [1.807, 2.05) is 49.6 Å². The molecule has 8 heteroatoms. The highest BCUT2D eigenvalue weighted by molar-refractivity contribution is 6.07. The number of hydrogen-bond donors (Lipinski definition) is 2. The van der Waals surface area contributed by atoms with Gasteiger partial charge in [-0.1, -0.05) is 32.0 Å². The Morgan fingerprint density at radius 2 is 1.77 bits per heavy atom. The zero-order chi connectivity index (χ0) is 25.2. The fraction of sp³-hybridized carbons (Fsp3) is 0.296. The van der Waals surface area contributed by atoms with Crippen LogP contribution in [0.3, 0.4) is 0 Å². The lowest BCUT2D eigenvalue weighted by Crippen LogP contribution is -2.23. The number of carbonyl (C=O) groups excluding carboxylic acids is 2. The third-order valence-electron chi connectivity index (χ3n) is 5.75. The first kappa shape index (κ1) is 24.1. The first-order valence-corrected chi connectivity index (χ1v) is 11.6. The smallest absolute Gasteiger partial charge is 0.258 e. The van der Waals surface area contributed by atoms with E-state index in [2.05, 4.69) is 39.4 Å². The Bertz CT molecular complexity index is 1350. The fourth-order valence-electron chi connectivity index (χ4n) is 3.73. The van der Waals surface area contributed by atoms with Crippen LogP contribution < -0.4 is 10.6 Å². The molecule has 0 bridgehead atoms. The molecule has 0 saturated heterocycles. The van der Waals surface area contributed by atoms with Gasteiger partial charge in [0.15, 0.2) is 0 Å². The van der Waals surface area contributed by atoms with Crippen LogP contribution in [0.1, 0.15) is 72.4 Å². The minimum absolute atomic E-state index is 0.182. The predicted molar refractivity (Wildman–Crippen MR) is 136 cm³/mol. The second-order valence-corrected chi connectivity index (χ2v) is 9.79. The van der Waals surface area contributed by atoms with Gasteiger partial charge in [0.05, 0.1) is 10.9 Å². The molecule has 0 aliphatic rings. The highest BCUT2D eigenvalue weighted by Crippen LogP contribution is 2.27. The van der Waals surface area contributed by atoms with Crippen molar-refractivity contribution in [1.82, 2.24) is 24.8 Å². The van der Waals surface area contributed by atoms with Gasteiger partial charge in [0.1, 0.15) is 5.65 Å². The summed E-state index contributed by atoms with van der Waals surface area (Å²) < 4.78 is 1.93. The van der Waals surface area contributed by atoms with Crippen LogP contribution in [0.5, 0.6) is 0 Å². The summed E-state index contributed by atoms with van der Waals surface area (Å²) in [5.74, 6) is 0.0515. The summed E-state index contributed by atoms with van der Waals surface area (Å²) in [6.45, 7) is 10.7. The molecule has 1 aromatic carbocycles. The van der Waals surface area contributed by atoms with Gasteiger partial charge in [-0.25, -0.2) is 4.98 Å². The minimum atomic E-state index is -0.345. The van der Waals surface area contributed by atoms with Crippen LogP contribution in [0, 0.1) is 0 Å². The van der Waals surface area contributed by atoms with Gasteiger partial charge in [-0.2, -0.15) is 4.98 Å². The number of nitrogens with one attached hydrogen (secondary N) is 2. The summed E-state index contributed by atoms with van der Waals surface area (Å²) in [6.07, 6.45) is 6.78. The predicted octanol–water partition coefficient (Wildman–Crippen LogP) is 4.89. The number of hydrogen-bond acceptors (Lipinski definition) is 5. The van der Waals surface area contributed by atoms with Gasteiger partial charge in [-0.05, 0) is 56.0 Å². The molecule has 0 fully saturated rings. The number of aromatic nitrogens is 4. The Labute approximate surface area is 204 Å². The van der Waals surface area contributed by atoms with Crippen LogP contribution in [0.4, 0.5) is 5.95 Å². The van der Waals surface area contributed by atoms with Crippen LogP contribution in [0.2, 0.25) is 0 Å². The van der Waals surface area contributed by atoms with E-state index in [1.165, 1.54) is 0 Å². The molecule has 0 aliphatic carbocycles. The highest BCUT2D eigenvalue weighted by Gasteiger charge is 2.23. The zero-order valence-electron chi connectivity index (χ0n) is 20.7. The quantitative estimate of drug-likeness (QED) is 0.418. The Kier molecular flexibility index (Phi) is 6.64. The molecular weight excluding hydrogens is 440 g/mol. The maximum absolute atomic E-state index is 13.0. The van der Waals surface area contributed by atoms with Gasteiger partial charge >= 0.3 is 0 Å². The fourth-order valence-corrected chi connectivity index (χ4v) is 3.73. The first-order valence-electron chi connectivity index (χ1n) is 11.6. The van der Waals surface area contributed by atoms with Crippen molar-refractivity contribution in [3.63, 3.8) is 0 Å². The molecule has 180 valence electrons. The van der Waals surface area contributed by atoms with E-state index < -0.39 is 0 Å². The van der Waals surface area contributed by atoms with Gasteiger partial charge in [-0.3, -0.25) is 19.9 Å². The third kappa shape index (κ3) is 5.37. The summed E-state index contributed by atoms with van der Waals surface area (Å²) in [6, 6.07) is 11.2. The number of amides is 2. The number of anilines is 1. The molecule has 35 heavy (non-hydrogen) atoms. The van der Waals surface area contributed by atoms with Gasteiger partial charge in [-0.15, -0.1) is 0 Å².